The van der Waals surface area contributed by atoms with Crippen molar-refractivity contribution in [3.05, 3.63) is 47.7 Å². The molecule has 0 fully saturated rings. The smallest absolute Gasteiger partial charge is 0.259 e. The van der Waals surface area contributed by atoms with E-state index in [4.69, 9.17) is 14.2 Å². The van der Waals surface area contributed by atoms with Gasteiger partial charge in [0.1, 0.15) is 24.0 Å². The SMILES string of the molecule is COCC#Cc1cnc2c(c1)C(=O)N([C@H](C)CO)C[C@H](C)[C@@H](CN(C)S(=O)(=O)c1cccc(OC)c1)O2. The van der Waals surface area contributed by atoms with Crippen molar-refractivity contribution < 1.29 is 32.5 Å². The quantitative estimate of drug-likeness (QED) is 0.511. The van der Waals surface area contributed by atoms with E-state index in [0.29, 0.717) is 11.3 Å². The van der Waals surface area contributed by atoms with E-state index >= 15 is 0 Å². The van der Waals surface area contributed by atoms with Crippen molar-refractivity contribution in [3.8, 4) is 23.5 Å². The third-order valence-electron chi connectivity index (χ3n) is 6.16. The molecule has 3 rings (SSSR count). The van der Waals surface area contributed by atoms with Gasteiger partial charge >= 0.3 is 0 Å². The molecule has 2 heterocycles. The van der Waals surface area contributed by atoms with E-state index in [1.54, 1.807) is 30.0 Å². The molecule has 0 aliphatic carbocycles. The van der Waals surface area contributed by atoms with Gasteiger partial charge in [-0.2, -0.15) is 4.31 Å². The second-order valence-corrected chi connectivity index (χ2v) is 10.9. The zero-order valence-corrected chi connectivity index (χ0v) is 22.5. The lowest BCUT2D eigenvalue weighted by Gasteiger charge is -2.37. The third kappa shape index (κ3) is 6.59. The zero-order chi connectivity index (χ0) is 27.2. The van der Waals surface area contributed by atoms with E-state index < -0.39 is 22.2 Å². The van der Waals surface area contributed by atoms with Gasteiger partial charge in [0.2, 0.25) is 15.9 Å². The van der Waals surface area contributed by atoms with Crippen LogP contribution in [0.15, 0.2) is 41.4 Å². The first kappa shape index (κ1) is 28.4. The normalized spacial score (nSPS) is 18.7. The number of benzene rings is 1. The molecule has 0 unspecified atom stereocenters. The summed E-state index contributed by atoms with van der Waals surface area (Å²) >= 11 is 0. The van der Waals surface area contributed by atoms with E-state index in [9.17, 15) is 18.3 Å². The molecule has 1 aromatic carbocycles. The van der Waals surface area contributed by atoms with Gasteiger partial charge in [-0.1, -0.05) is 24.8 Å². The van der Waals surface area contributed by atoms with Crippen LogP contribution >= 0.6 is 0 Å². The minimum Gasteiger partial charge on any atom is -0.497 e. The maximum atomic E-state index is 13.5. The molecule has 10 nitrogen and oxygen atoms in total. The Balaban J connectivity index is 1.97. The van der Waals surface area contributed by atoms with Crippen LogP contribution in [0.4, 0.5) is 0 Å². The molecule has 1 aliphatic rings. The fraction of sp³-hybridized carbons (Fsp3) is 0.462. The molecule has 11 heteroatoms. The van der Waals surface area contributed by atoms with Crippen molar-refractivity contribution >= 4 is 15.9 Å². The topological polar surface area (TPSA) is 118 Å². The lowest BCUT2D eigenvalue weighted by atomic mass is 10.0. The average Bonchev–Trinajstić information content (AvgIpc) is 2.90. The number of likely N-dealkylation sites (N-methyl/N-ethyl adjacent to an activating group) is 1. The fourth-order valence-corrected chi connectivity index (χ4v) is 5.11. The summed E-state index contributed by atoms with van der Waals surface area (Å²) < 4.78 is 44.1. The highest BCUT2D eigenvalue weighted by Gasteiger charge is 2.36. The van der Waals surface area contributed by atoms with Crippen LogP contribution in [0.2, 0.25) is 0 Å². The summed E-state index contributed by atoms with van der Waals surface area (Å²) in [4.78, 5) is 19.5. The molecular formula is C26H33N3O7S. The van der Waals surface area contributed by atoms with Gasteiger partial charge < -0.3 is 24.2 Å². The maximum absolute atomic E-state index is 13.5. The Labute approximate surface area is 218 Å². The molecule has 1 N–H and O–H groups in total. The van der Waals surface area contributed by atoms with Gasteiger partial charge in [0, 0.05) is 44.4 Å². The van der Waals surface area contributed by atoms with Crippen molar-refractivity contribution in [2.45, 2.75) is 30.9 Å². The number of aliphatic hydroxyl groups is 1. The number of carbonyl (C=O) groups excluding carboxylic acids is 1. The van der Waals surface area contributed by atoms with Crippen molar-refractivity contribution in [3.63, 3.8) is 0 Å². The first-order valence-corrected chi connectivity index (χ1v) is 13.2. The van der Waals surface area contributed by atoms with Gasteiger partial charge in [-0.3, -0.25) is 4.79 Å². The molecule has 1 aliphatic heterocycles. The molecule has 200 valence electrons. The highest BCUT2D eigenvalue weighted by molar-refractivity contribution is 7.89. The Morgan fingerprint density at radius 1 is 1.32 bits per heavy atom. The molecule has 0 saturated carbocycles. The summed E-state index contributed by atoms with van der Waals surface area (Å²) in [6.45, 7) is 3.87. The Kier molecular flexibility index (Phi) is 9.50. The van der Waals surface area contributed by atoms with E-state index in [1.807, 2.05) is 6.92 Å². The van der Waals surface area contributed by atoms with Crippen LogP contribution < -0.4 is 9.47 Å². The Hall–Kier alpha value is -3.17. The molecule has 3 atom stereocenters. The van der Waals surface area contributed by atoms with Gasteiger partial charge in [-0.25, -0.2) is 13.4 Å². The molecule has 0 radical (unpaired) electrons. The number of fused-ring (bicyclic) bond motifs is 1. The monoisotopic (exact) mass is 531 g/mol. The molecule has 0 spiro atoms. The van der Waals surface area contributed by atoms with E-state index in [2.05, 4.69) is 16.8 Å². The second kappa shape index (κ2) is 12.4. The predicted molar refractivity (Wildman–Crippen MR) is 137 cm³/mol. The minimum absolute atomic E-state index is 0.00671. The molecule has 37 heavy (non-hydrogen) atoms. The number of pyridine rings is 1. The lowest BCUT2D eigenvalue weighted by Crippen LogP contribution is -2.50. The number of carbonyl (C=O) groups is 1. The molecule has 0 saturated heterocycles. The summed E-state index contributed by atoms with van der Waals surface area (Å²) in [5.41, 5.74) is 0.701. The molecule has 1 aromatic heterocycles. The fourth-order valence-electron chi connectivity index (χ4n) is 3.89. The van der Waals surface area contributed by atoms with Crippen LogP contribution in [-0.2, 0) is 14.8 Å². The average molecular weight is 532 g/mol. The number of hydrogen-bond donors (Lipinski definition) is 1. The predicted octanol–water partition coefficient (Wildman–Crippen LogP) is 1.63. The molecule has 2 aromatic rings. The molecular weight excluding hydrogens is 498 g/mol. The van der Waals surface area contributed by atoms with Crippen molar-refractivity contribution in [1.29, 1.82) is 0 Å². The van der Waals surface area contributed by atoms with Crippen molar-refractivity contribution in [2.75, 3.05) is 47.6 Å². The highest BCUT2D eigenvalue weighted by Crippen LogP contribution is 2.28. The van der Waals surface area contributed by atoms with Gasteiger partial charge in [0.15, 0.2) is 0 Å². The summed E-state index contributed by atoms with van der Waals surface area (Å²) in [7, 11) is 0.627. The summed E-state index contributed by atoms with van der Waals surface area (Å²) in [6.07, 6.45) is 0.859. The Morgan fingerprint density at radius 2 is 2.08 bits per heavy atom. The van der Waals surface area contributed by atoms with Crippen LogP contribution in [0.25, 0.3) is 0 Å². The van der Waals surface area contributed by atoms with Crippen molar-refractivity contribution in [1.82, 2.24) is 14.2 Å². The number of aliphatic hydroxyl groups excluding tert-OH is 1. The number of amides is 1. The first-order chi connectivity index (χ1) is 17.6. The van der Waals surface area contributed by atoms with Gasteiger partial charge in [0.25, 0.3) is 5.91 Å². The van der Waals surface area contributed by atoms with E-state index in [0.717, 1.165) is 0 Å². The van der Waals surface area contributed by atoms with Crippen LogP contribution in [0.5, 0.6) is 11.6 Å². The number of rotatable bonds is 8. The van der Waals surface area contributed by atoms with Crippen LogP contribution in [0.3, 0.4) is 0 Å². The number of aromatic nitrogens is 1. The van der Waals surface area contributed by atoms with E-state index in [-0.39, 0.29) is 54.5 Å². The first-order valence-electron chi connectivity index (χ1n) is 11.8. The standard InChI is InChI=1S/C26H33N3O7S/c1-18-15-29(19(2)17-30)26(31)23-12-20(8-7-11-34-4)14-27-25(23)36-24(18)16-28(3)37(32,33)22-10-6-9-21(13-22)35-5/h6,9-10,12-14,18-19,24,30H,11,15-17H2,1-5H3/t18-,19+,24+/m0/s1. The largest absolute Gasteiger partial charge is 0.497 e. The number of methoxy groups -OCH3 is 2. The zero-order valence-electron chi connectivity index (χ0n) is 21.7. The molecule has 1 amide bonds. The van der Waals surface area contributed by atoms with Gasteiger partial charge in [0.05, 0.1) is 31.2 Å². The van der Waals surface area contributed by atoms with Gasteiger partial charge in [-0.05, 0) is 25.1 Å². The lowest BCUT2D eigenvalue weighted by molar-refractivity contribution is 0.0373. The third-order valence-corrected chi connectivity index (χ3v) is 7.98. The number of ether oxygens (including phenoxy) is 3. The van der Waals surface area contributed by atoms with E-state index in [1.165, 1.54) is 43.9 Å². The number of nitrogens with zero attached hydrogens (tertiary/aromatic N) is 3. The molecule has 0 bridgehead atoms. The number of hydrogen-bond acceptors (Lipinski definition) is 8. The summed E-state index contributed by atoms with van der Waals surface area (Å²) in [6, 6.07) is 7.37. The Bertz CT molecular complexity index is 1270. The Morgan fingerprint density at radius 3 is 2.76 bits per heavy atom. The van der Waals surface area contributed by atoms with Gasteiger partial charge in [-0.15, -0.1) is 0 Å². The minimum atomic E-state index is -3.86. The maximum Gasteiger partial charge on any atom is 0.259 e. The van der Waals surface area contributed by atoms with Crippen LogP contribution in [0.1, 0.15) is 29.8 Å². The summed E-state index contributed by atoms with van der Waals surface area (Å²) in [5, 5.41) is 9.81. The van der Waals surface area contributed by atoms with Crippen LogP contribution in [-0.4, -0.2) is 93.3 Å². The second-order valence-electron chi connectivity index (χ2n) is 8.90. The van der Waals surface area contributed by atoms with Crippen molar-refractivity contribution in [2.24, 2.45) is 5.92 Å². The summed E-state index contributed by atoms with van der Waals surface area (Å²) in [5.74, 6) is 5.62. The highest BCUT2D eigenvalue weighted by atomic mass is 32.2. The number of sulfonamides is 1. The van der Waals surface area contributed by atoms with Crippen LogP contribution in [0, 0.1) is 17.8 Å².